The fourth-order valence-electron chi connectivity index (χ4n) is 2.60. The van der Waals surface area contributed by atoms with E-state index in [4.69, 9.17) is 16.3 Å². The molecule has 0 radical (unpaired) electrons. The Hall–Kier alpha value is -2.90. The van der Waals surface area contributed by atoms with Crippen LogP contribution in [0.1, 0.15) is 32.9 Å². The Bertz CT molecular complexity index is 1050. The largest absolute Gasteiger partial charge is 0.486 e. The lowest BCUT2D eigenvalue weighted by Gasteiger charge is -2.06. The molecule has 0 saturated heterocycles. The number of nitrogens with one attached hydrogen (secondary N) is 2. The van der Waals surface area contributed by atoms with Gasteiger partial charge < -0.3 is 15.4 Å². The minimum atomic E-state index is -0.235. The van der Waals surface area contributed by atoms with Gasteiger partial charge in [0.05, 0.1) is 5.69 Å². The van der Waals surface area contributed by atoms with E-state index in [0.29, 0.717) is 37.7 Å². The average Bonchev–Trinajstić information content (AvgIpc) is 3.05. The van der Waals surface area contributed by atoms with Gasteiger partial charge in [0.15, 0.2) is 0 Å². The molecule has 2 aromatic carbocycles. The Balaban J connectivity index is 1.63. The number of thiazole rings is 1. The van der Waals surface area contributed by atoms with Crippen molar-refractivity contribution in [2.24, 2.45) is 0 Å². The quantitative estimate of drug-likeness (QED) is 0.564. The van der Waals surface area contributed by atoms with Crippen molar-refractivity contribution in [1.29, 1.82) is 0 Å². The molecule has 2 N–H and O–H groups in total. The maximum Gasteiger partial charge on any atom is 0.267 e. The summed E-state index contributed by atoms with van der Waals surface area (Å²) >= 11 is 7.32. The van der Waals surface area contributed by atoms with E-state index in [0.717, 1.165) is 5.56 Å². The van der Waals surface area contributed by atoms with Gasteiger partial charge in [0, 0.05) is 23.3 Å². The zero-order valence-electron chi connectivity index (χ0n) is 16.2. The summed E-state index contributed by atoms with van der Waals surface area (Å²) in [7, 11) is 0. The van der Waals surface area contributed by atoms with Crippen LogP contribution in [-0.2, 0) is 11.4 Å². The zero-order valence-corrected chi connectivity index (χ0v) is 17.8. The second-order valence-corrected chi connectivity index (χ2v) is 7.93. The minimum Gasteiger partial charge on any atom is -0.486 e. The van der Waals surface area contributed by atoms with Crippen LogP contribution >= 0.6 is 22.9 Å². The first-order valence-corrected chi connectivity index (χ1v) is 10.1. The highest BCUT2D eigenvalue weighted by molar-refractivity contribution is 7.13. The number of hydrogen-bond donors (Lipinski definition) is 2. The van der Waals surface area contributed by atoms with Crippen LogP contribution in [-0.4, -0.2) is 16.8 Å². The van der Waals surface area contributed by atoms with E-state index in [1.807, 2.05) is 13.0 Å². The van der Waals surface area contributed by atoms with E-state index < -0.39 is 0 Å². The van der Waals surface area contributed by atoms with Gasteiger partial charge in [-0.15, -0.1) is 11.3 Å². The van der Waals surface area contributed by atoms with Gasteiger partial charge in [-0.25, -0.2) is 4.98 Å². The van der Waals surface area contributed by atoms with Crippen molar-refractivity contribution in [3.63, 3.8) is 0 Å². The summed E-state index contributed by atoms with van der Waals surface area (Å²) in [6.07, 6.45) is 0. The van der Waals surface area contributed by atoms with Crippen LogP contribution in [0.3, 0.4) is 0 Å². The van der Waals surface area contributed by atoms with E-state index >= 15 is 0 Å². The lowest BCUT2D eigenvalue weighted by molar-refractivity contribution is -0.114. The van der Waals surface area contributed by atoms with Crippen LogP contribution in [0.5, 0.6) is 5.75 Å². The number of benzene rings is 2. The van der Waals surface area contributed by atoms with E-state index in [2.05, 4.69) is 15.6 Å². The Morgan fingerprint density at radius 1 is 1.07 bits per heavy atom. The van der Waals surface area contributed by atoms with Crippen LogP contribution in [0, 0.1) is 13.8 Å². The Labute approximate surface area is 177 Å². The molecule has 150 valence electrons. The van der Waals surface area contributed by atoms with E-state index in [1.54, 1.807) is 43.3 Å². The predicted molar refractivity (Wildman–Crippen MR) is 116 cm³/mol. The number of nitrogens with zero attached hydrogens (tertiary/aromatic N) is 1. The Morgan fingerprint density at radius 2 is 1.72 bits per heavy atom. The molecule has 1 aromatic heterocycles. The van der Waals surface area contributed by atoms with Crippen molar-refractivity contribution < 1.29 is 14.3 Å². The maximum absolute atomic E-state index is 12.6. The molecule has 3 rings (SSSR count). The van der Waals surface area contributed by atoms with Crippen molar-refractivity contribution in [1.82, 2.24) is 4.98 Å². The van der Waals surface area contributed by atoms with Crippen molar-refractivity contribution >= 4 is 46.1 Å². The molecule has 2 amide bonds. The third-order valence-electron chi connectivity index (χ3n) is 4.00. The van der Waals surface area contributed by atoms with Crippen LogP contribution in [0.15, 0.2) is 42.5 Å². The monoisotopic (exact) mass is 429 g/mol. The van der Waals surface area contributed by atoms with Gasteiger partial charge in [-0.3, -0.25) is 9.59 Å². The zero-order chi connectivity index (χ0) is 21.0. The number of aryl methyl sites for hydroxylation is 2. The first-order valence-electron chi connectivity index (χ1n) is 8.86. The summed E-state index contributed by atoms with van der Waals surface area (Å²) in [6, 6.07) is 12.4. The van der Waals surface area contributed by atoms with Gasteiger partial charge in [-0.2, -0.15) is 0 Å². The van der Waals surface area contributed by atoms with Gasteiger partial charge >= 0.3 is 0 Å². The predicted octanol–water partition coefficient (Wildman–Crippen LogP) is 5.20. The third-order valence-corrected chi connectivity index (χ3v) is 5.56. The molecule has 0 aliphatic carbocycles. The molecule has 0 unspecified atom stereocenters. The van der Waals surface area contributed by atoms with Gasteiger partial charge in [0.25, 0.3) is 5.91 Å². The number of halogens is 1. The first kappa shape index (κ1) is 20.8. The van der Waals surface area contributed by atoms with Crippen molar-refractivity contribution in [2.75, 3.05) is 10.6 Å². The molecule has 0 bridgehead atoms. The molecule has 29 heavy (non-hydrogen) atoms. The van der Waals surface area contributed by atoms with Crippen LogP contribution in [0.2, 0.25) is 5.02 Å². The second-order valence-electron chi connectivity index (χ2n) is 6.43. The third kappa shape index (κ3) is 5.56. The molecule has 3 aromatic rings. The molecule has 0 saturated carbocycles. The Kier molecular flexibility index (Phi) is 6.51. The van der Waals surface area contributed by atoms with E-state index in [-0.39, 0.29) is 18.4 Å². The maximum atomic E-state index is 12.6. The minimum absolute atomic E-state index is 0.148. The van der Waals surface area contributed by atoms with Crippen LogP contribution < -0.4 is 15.4 Å². The highest BCUT2D eigenvalue weighted by Crippen LogP contribution is 2.24. The number of carbonyl (C=O) groups excluding carboxylic acids is 2. The number of amides is 2. The van der Waals surface area contributed by atoms with E-state index in [1.165, 1.54) is 18.3 Å². The number of anilines is 2. The lowest BCUT2D eigenvalue weighted by Crippen LogP contribution is -2.11. The molecule has 6 nitrogen and oxygen atoms in total. The summed E-state index contributed by atoms with van der Waals surface area (Å²) in [5.74, 6) is 0.316. The highest BCUT2D eigenvalue weighted by atomic mass is 35.5. The summed E-state index contributed by atoms with van der Waals surface area (Å²) in [5.41, 5.74) is 2.88. The summed E-state index contributed by atoms with van der Waals surface area (Å²) in [6.45, 7) is 5.41. The lowest BCUT2D eigenvalue weighted by atomic mass is 10.2. The SMILES string of the molecule is CC(=O)Nc1ccc(NC(=O)c2sc(COc3ccc(Cl)c(C)c3)nc2C)cc1. The molecular formula is C21H20ClN3O3S. The fraction of sp³-hybridized carbons (Fsp3) is 0.190. The standard InChI is InChI=1S/C21H20ClN3O3S/c1-12-10-17(8-9-18(12)22)28-11-19-23-13(2)20(29-19)21(27)25-16-6-4-15(5-7-16)24-14(3)26/h4-10H,11H2,1-3H3,(H,24,26)(H,25,27). The second kappa shape index (κ2) is 9.07. The molecule has 0 aliphatic heterocycles. The topological polar surface area (TPSA) is 80.3 Å². The van der Waals surface area contributed by atoms with Crippen molar-refractivity contribution in [2.45, 2.75) is 27.4 Å². The number of rotatable bonds is 6. The molecule has 0 spiro atoms. The van der Waals surface area contributed by atoms with Crippen molar-refractivity contribution in [3.8, 4) is 5.75 Å². The smallest absolute Gasteiger partial charge is 0.267 e. The summed E-state index contributed by atoms with van der Waals surface area (Å²) in [4.78, 5) is 28.6. The number of carbonyl (C=O) groups is 2. The van der Waals surface area contributed by atoms with Crippen LogP contribution in [0.25, 0.3) is 0 Å². The normalized spacial score (nSPS) is 10.5. The molecule has 0 atom stereocenters. The van der Waals surface area contributed by atoms with Gasteiger partial charge in [-0.05, 0) is 61.9 Å². The van der Waals surface area contributed by atoms with Crippen molar-refractivity contribution in [3.05, 3.63) is 68.6 Å². The average molecular weight is 430 g/mol. The molecule has 0 fully saturated rings. The van der Waals surface area contributed by atoms with Gasteiger partial charge in [0.1, 0.15) is 22.2 Å². The molecule has 8 heteroatoms. The highest BCUT2D eigenvalue weighted by Gasteiger charge is 2.16. The first-order chi connectivity index (χ1) is 13.8. The molecule has 1 heterocycles. The molecular weight excluding hydrogens is 410 g/mol. The number of aromatic nitrogens is 1. The van der Waals surface area contributed by atoms with E-state index in [9.17, 15) is 9.59 Å². The fourth-order valence-corrected chi connectivity index (χ4v) is 3.60. The molecule has 0 aliphatic rings. The Morgan fingerprint density at radius 3 is 2.34 bits per heavy atom. The number of ether oxygens (including phenoxy) is 1. The number of hydrogen-bond acceptors (Lipinski definition) is 5. The van der Waals surface area contributed by atoms with Crippen LogP contribution in [0.4, 0.5) is 11.4 Å². The van der Waals surface area contributed by atoms with Gasteiger partial charge in [0.2, 0.25) is 5.91 Å². The van der Waals surface area contributed by atoms with Gasteiger partial charge in [-0.1, -0.05) is 11.6 Å². The summed E-state index contributed by atoms with van der Waals surface area (Å²) in [5, 5.41) is 6.92. The summed E-state index contributed by atoms with van der Waals surface area (Å²) < 4.78 is 5.76.